The van der Waals surface area contributed by atoms with Crippen molar-refractivity contribution in [3.63, 3.8) is 0 Å². The topological polar surface area (TPSA) is 21.3 Å². The van der Waals surface area contributed by atoms with Gasteiger partial charge in [-0.25, -0.2) is 0 Å². The number of benzene rings is 1. The lowest BCUT2D eigenvalue weighted by Crippen LogP contribution is -2.20. The summed E-state index contributed by atoms with van der Waals surface area (Å²) in [5.74, 6) is 1.82. The fourth-order valence-electron chi connectivity index (χ4n) is 2.73. The van der Waals surface area contributed by atoms with Crippen molar-refractivity contribution in [3.8, 4) is 5.75 Å². The van der Waals surface area contributed by atoms with E-state index in [-0.39, 0.29) is 5.41 Å². The third-order valence-electron chi connectivity index (χ3n) is 4.10. The number of hydrogen-bond acceptors (Lipinski definition) is 2. The average molecular weight is 261 g/mol. The molecule has 1 unspecified atom stereocenters. The molecule has 2 heteroatoms. The van der Waals surface area contributed by atoms with Gasteiger partial charge in [-0.05, 0) is 43.5 Å². The standard InChI is InChI=1S/C17H27NO/c1-12(2)6-8-15(18-5)13-7-9-16-14(10-13)17(3,4)11-19-16/h7,9-10,12,15,18H,6,8,11H2,1-5H3. The fraction of sp³-hybridized carbons (Fsp3) is 0.647. The molecule has 0 spiro atoms. The molecule has 2 rings (SSSR count). The van der Waals surface area contributed by atoms with E-state index in [1.165, 1.54) is 24.0 Å². The Morgan fingerprint density at radius 1 is 1.26 bits per heavy atom. The smallest absolute Gasteiger partial charge is 0.123 e. The van der Waals surface area contributed by atoms with Gasteiger partial charge in [0.25, 0.3) is 0 Å². The fourth-order valence-corrected chi connectivity index (χ4v) is 2.73. The highest BCUT2D eigenvalue weighted by molar-refractivity contribution is 5.45. The quantitative estimate of drug-likeness (QED) is 0.863. The Kier molecular flexibility index (Phi) is 4.19. The van der Waals surface area contributed by atoms with Crippen LogP contribution in [-0.4, -0.2) is 13.7 Å². The molecule has 1 atom stereocenters. The Hall–Kier alpha value is -1.02. The molecule has 106 valence electrons. The van der Waals surface area contributed by atoms with E-state index in [2.05, 4.69) is 58.3 Å². The predicted molar refractivity (Wildman–Crippen MR) is 80.8 cm³/mol. The molecule has 0 aliphatic carbocycles. The molecule has 1 aliphatic heterocycles. The molecule has 19 heavy (non-hydrogen) atoms. The maximum absolute atomic E-state index is 5.76. The predicted octanol–water partition coefficient (Wildman–Crippen LogP) is 4.05. The van der Waals surface area contributed by atoms with E-state index in [1.54, 1.807) is 0 Å². The first kappa shape index (κ1) is 14.4. The highest BCUT2D eigenvalue weighted by Crippen LogP contribution is 2.40. The molecule has 0 aromatic heterocycles. The van der Waals surface area contributed by atoms with Crippen LogP contribution in [0.3, 0.4) is 0 Å². The lowest BCUT2D eigenvalue weighted by atomic mass is 9.85. The van der Waals surface area contributed by atoms with Crippen molar-refractivity contribution in [2.45, 2.75) is 52.0 Å². The number of hydrogen-bond donors (Lipinski definition) is 1. The summed E-state index contributed by atoms with van der Waals surface area (Å²) in [4.78, 5) is 0. The molecular weight excluding hydrogens is 234 g/mol. The van der Waals surface area contributed by atoms with Crippen LogP contribution >= 0.6 is 0 Å². The van der Waals surface area contributed by atoms with Crippen LogP contribution in [0.1, 0.15) is 57.7 Å². The highest BCUT2D eigenvalue weighted by Gasteiger charge is 2.32. The summed E-state index contributed by atoms with van der Waals surface area (Å²) in [6.07, 6.45) is 2.44. The van der Waals surface area contributed by atoms with E-state index < -0.39 is 0 Å². The number of nitrogens with one attached hydrogen (secondary N) is 1. The van der Waals surface area contributed by atoms with E-state index in [0.717, 1.165) is 18.3 Å². The minimum absolute atomic E-state index is 0.141. The number of ether oxygens (including phenoxy) is 1. The molecule has 0 amide bonds. The first-order valence-corrected chi connectivity index (χ1v) is 7.38. The van der Waals surface area contributed by atoms with Crippen molar-refractivity contribution < 1.29 is 4.74 Å². The van der Waals surface area contributed by atoms with Crippen LogP contribution in [0.15, 0.2) is 18.2 Å². The van der Waals surface area contributed by atoms with Gasteiger partial charge in [0.15, 0.2) is 0 Å². The molecule has 0 saturated carbocycles. The first-order valence-electron chi connectivity index (χ1n) is 7.38. The number of rotatable bonds is 5. The second-order valence-corrected chi connectivity index (χ2v) is 6.74. The van der Waals surface area contributed by atoms with Gasteiger partial charge in [-0.3, -0.25) is 0 Å². The minimum atomic E-state index is 0.141. The van der Waals surface area contributed by atoms with Crippen molar-refractivity contribution in [1.82, 2.24) is 5.32 Å². The molecule has 0 fully saturated rings. The van der Waals surface area contributed by atoms with Gasteiger partial charge in [0, 0.05) is 17.0 Å². The molecular formula is C17H27NO. The van der Waals surface area contributed by atoms with E-state index >= 15 is 0 Å². The van der Waals surface area contributed by atoms with Crippen molar-refractivity contribution in [3.05, 3.63) is 29.3 Å². The van der Waals surface area contributed by atoms with Crippen LogP contribution in [0.5, 0.6) is 5.75 Å². The zero-order valence-corrected chi connectivity index (χ0v) is 12.9. The van der Waals surface area contributed by atoms with Gasteiger partial charge in [0.05, 0.1) is 6.61 Å². The summed E-state index contributed by atoms with van der Waals surface area (Å²) in [5, 5.41) is 3.45. The van der Waals surface area contributed by atoms with Gasteiger partial charge in [0.1, 0.15) is 5.75 Å². The maximum Gasteiger partial charge on any atom is 0.123 e. The Balaban J connectivity index is 2.21. The Bertz CT molecular complexity index is 437. The summed E-state index contributed by atoms with van der Waals surface area (Å²) in [6.45, 7) is 9.87. The molecule has 1 aromatic carbocycles. The van der Waals surface area contributed by atoms with Gasteiger partial charge < -0.3 is 10.1 Å². The molecule has 0 saturated heterocycles. The third kappa shape index (κ3) is 3.11. The lowest BCUT2D eigenvalue weighted by molar-refractivity contribution is 0.291. The van der Waals surface area contributed by atoms with Gasteiger partial charge in [-0.15, -0.1) is 0 Å². The van der Waals surface area contributed by atoms with E-state index in [9.17, 15) is 0 Å². The average Bonchev–Trinajstić information content (AvgIpc) is 2.66. The summed E-state index contributed by atoms with van der Waals surface area (Å²) < 4.78 is 5.76. The molecule has 1 aliphatic rings. The zero-order chi connectivity index (χ0) is 14.0. The Morgan fingerprint density at radius 2 is 2.00 bits per heavy atom. The van der Waals surface area contributed by atoms with Crippen molar-refractivity contribution in [2.24, 2.45) is 5.92 Å². The highest BCUT2D eigenvalue weighted by atomic mass is 16.5. The minimum Gasteiger partial charge on any atom is -0.492 e. The van der Waals surface area contributed by atoms with Crippen LogP contribution in [0.4, 0.5) is 0 Å². The molecule has 2 nitrogen and oxygen atoms in total. The van der Waals surface area contributed by atoms with Crippen LogP contribution < -0.4 is 10.1 Å². The summed E-state index contributed by atoms with van der Waals surface area (Å²) in [5.41, 5.74) is 2.89. The van der Waals surface area contributed by atoms with E-state index in [1.807, 2.05) is 0 Å². The van der Waals surface area contributed by atoms with E-state index in [4.69, 9.17) is 4.74 Å². The SMILES string of the molecule is CNC(CCC(C)C)c1ccc2c(c1)C(C)(C)CO2. The molecule has 0 radical (unpaired) electrons. The van der Waals surface area contributed by atoms with Crippen LogP contribution in [0.2, 0.25) is 0 Å². The van der Waals surface area contributed by atoms with Gasteiger partial charge in [0.2, 0.25) is 0 Å². The van der Waals surface area contributed by atoms with Gasteiger partial charge >= 0.3 is 0 Å². The molecule has 1 N–H and O–H groups in total. The van der Waals surface area contributed by atoms with E-state index in [0.29, 0.717) is 6.04 Å². The Morgan fingerprint density at radius 3 is 2.63 bits per heavy atom. The monoisotopic (exact) mass is 261 g/mol. The molecule has 1 aromatic rings. The van der Waals surface area contributed by atoms with Crippen LogP contribution in [0.25, 0.3) is 0 Å². The molecule has 1 heterocycles. The largest absolute Gasteiger partial charge is 0.492 e. The second-order valence-electron chi connectivity index (χ2n) is 6.74. The lowest BCUT2D eigenvalue weighted by Gasteiger charge is -2.21. The summed E-state index contributed by atoms with van der Waals surface area (Å²) in [6, 6.07) is 7.13. The van der Waals surface area contributed by atoms with Crippen molar-refractivity contribution in [2.75, 3.05) is 13.7 Å². The molecule has 0 bridgehead atoms. The summed E-state index contributed by atoms with van der Waals surface area (Å²) in [7, 11) is 2.06. The number of fused-ring (bicyclic) bond motifs is 1. The van der Waals surface area contributed by atoms with Crippen molar-refractivity contribution >= 4 is 0 Å². The third-order valence-corrected chi connectivity index (χ3v) is 4.10. The Labute approximate surface area is 117 Å². The zero-order valence-electron chi connectivity index (χ0n) is 12.9. The van der Waals surface area contributed by atoms with Crippen LogP contribution in [-0.2, 0) is 5.41 Å². The van der Waals surface area contributed by atoms with Crippen LogP contribution in [0, 0.1) is 5.92 Å². The summed E-state index contributed by atoms with van der Waals surface area (Å²) >= 11 is 0. The maximum atomic E-state index is 5.76. The van der Waals surface area contributed by atoms with Gasteiger partial charge in [-0.2, -0.15) is 0 Å². The normalized spacial score (nSPS) is 18.2. The second kappa shape index (κ2) is 5.54. The first-order chi connectivity index (χ1) is 8.94. The van der Waals surface area contributed by atoms with Gasteiger partial charge in [-0.1, -0.05) is 33.8 Å². The van der Waals surface area contributed by atoms with Crippen molar-refractivity contribution in [1.29, 1.82) is 0 Å².